The maximum atomic E-state index is 12.6. The third-order valence-electron chi connectivity index (χ3n) is 3.26. The summed E-state index contributed by atoms with van der Waals surface area (Å²) in [5.74, 6) is 0.331. The number of aromatic nitrogens is 1. The molecule has 2 aromatic rings. The molecule has 22 heavy (non-hydrogen) atoms. The highest BCUT2D eigenvalue weighted by molar-refractivity contribution is 7.89. The first-order chi connectivity index (χ1) is 10.4. The van der Waals surface area contributed by atoms with E-state index < -0.39 is 16.1 Å². The van der Waals surface area contributed by atoms with Crippen molar-refractivity contribution in [3.8, 4) is 5.75 Å². The minimum absolute atomic E-state index is 0.146. The summed E-state index contributed by atoms with van der Waals surface area (Å²) in [5, 5.41) is 2.88. The van der Waals surface area contributed by atoms with Crippen LogP contribution in [-0.4, -0.2) is 20.5 Å². The molecule has 0 radical (unpaired) electrons. The van der Waals surface area contributed by atoms with Crippen LogP contribution in [0.15, 0.2) is 28.5 Å². The average Bonchev–Trinajstić information content (AvgIpc) is 2.96. The van der Waals surface area contributed by atoms with Gasteiger partial charge in [0.2, 0.25) is 10.0 Å². The van der Waals surface area contributed by atoms with Crippen LogP contribution in [0.3, 0.4) is 0 Å². The van der Waals surface area contributed by atoms with Crippen LogP contribution in [0.2, 0.25) is 0 Å². The van der Waals surface area contributed by atoms with Gasteiger partial charge in [-0.05, 0) is 38.0 Å². The predicted octanol–water partition coefficient (Wildman–Crippen LogP) is 3.06. The van der Waals surface area contributed by atoms with Gasteiger partial charge in [-0.3, -0.25) is 0 Å². The van der Waals surface area contributed by atoms with Crippen LogP contribution in [-0.2, 0) is 16.4 Å². The van der Waals surface area contributed by atoms with E-state index >= 15 is 0 Å². The summed E-state index contributed by atoms with van der Waals surface area (Å²) in [4.78, 5) is 4.57. The minimum Gasteiger partial charge on any atom is -0.495 e. The fourth-order valence-electron chi connectivity index (χ4n) is 2.04. The first kappa shape index (κ1) is 16.9. The SMILES string of the molecule is CCc1nc([C@H](C)NS(=O)(=O)c2cc(C)ccc2OC)cs1. The Hall–Kier alpha value is -1.44. The second-order valence-corrected chi connectivity index (χ2v) is 7.64. The molecule has 0 aliphatic carbocycles. The Labute approximate surface area is 135 Å². The fraction of sp³-hybridized carbons (Fsp3) is 0.400. The van der Waals surface area contributed by atoms with Gasteiger partial charge in [0.05, 0.1) is 23.9 Å². The topological polar surface area (TPSA) is 68.3 Å². The molecule has 0 unspecified atom stereocenters. The Morgan fingerprint density at radius 1 is 1.41 bits per heavy atom. The second-order valence-electron chi connectivity index (χ2n) is 5.02. The second kappa shape index (κ2) is 6.76. The van der Waals surface area contributed by atoms with Crippen molar-refractivity contribution >= 4 is 21.4 Å². The Kier molecular flexibility index (Phi) is 5.20. The number of hydrogen-bond donors (Lipinski definition) is 1. The molecule has 120 valence electrons. The van der Waals surface area contributed by atoms with E-state index in [0.717, 1.165) is 22.7 Å². The molecule has 1 aromatic carbocycles. The molecule has 0 bridgehead atoms. The van der Waals surface area contributed by atoms with Crippen molar-refractivity contribution in [1.82, 2.24) is 9.71 Å². The molecule has 0 aliphatic rings. The number of nitrogens with zero attached hydrogens (tertiary/aromatic N) is 1. The molecule has 0 spiro atoms. The molecule has 1 atom stereocenters. The summed E-state index contributed by atoms with van der Waals surface area (Å²) in [6, 6.07) is 4.68. The van der Waals surface area contributed by atoms with Gasteiger partial charge in [0.25, 0.3) is 0 Å². The highest BCUT2D eigenvalue weighted by atomic mass is 32.2. The van der Waals surface area contributed by atoms with Gasteiger partial charge >= 0.3 is 0 Å². The summed E-state index contributed by atoms with van der Waals surface area (Å²) < 4.78 is 33.0. The highest BCUT2D eigenvalue weighted by Gasteiger charge is 2.23. The standard InChI is InChI=1S/C15H20N2O3S2/c1-5-15-16-12(9-21-15)11(3)17-22(18,19)14-8-10(2)6-7-13(14)20-4/h6-9,11,17H,5H2,1-4H3/t11-/m0/s1. The minimum atomic E-state index is -3.68. The Bertz CT molecular complexity index is 754. The molecule has 7 heteroatoms. The highest BCUT2D eigenvalue weighted by Crippen LogP contribution is 2.26. The van der Waals surface area contributed by atoms with Crippen molar-refractivity contribution < 1.29 is 13.2 Å². The molecule has 0 amide bonds. The number of rotatable bonds is 6. The molecule has 0 saturated carbocycles. The average molecular weight is 340 g/mol. The van der Waals surface area contributed by atoms with Crippen molar-refractivity contribution in [3.63, 3.8) is 0 Å². The number of aryl methyl sites for hydroxylation is 2. The van der Waals surface area contributed by atoms with Crippen molar-refractivity contribution in [3.05, 3.63) is 39.8 Å². The van der Waals surface area contributed by atoms with Gasteiger partial charge in [0, 0.05) is 5.38 Å². The van der Waals surface area contributed by atoms with Crippen molar-refractivity contribution in [1.29, 1.82) is 0 Å². The van der Waals surface area contributed by atoms with Crippen LogP contribution in [0, 0.1) is 6.92 Å². The van der Waals surface area contributed by atoms with Gasteiger partial charge in [-0.15, -0.1) is 11.3 Å². The molecule has 1 N–H and O–H groups in total. The van der Waals surface area contributed by atoms with E-state index in [1.165, 1.54) is 18.4 Å². The fourth-order valence-corrected chi connectivity index (χ4v) is 4.35. The summed E-state index contributed by atoms with van der Waals surface area (Å²) >= 11 is 1.54. The third-order valence-corrected chi connectivity index (χ3v) is 5.83. The van der Waals surface area contributed by atoms with E-state index in [1.807, 2.05) is 25.3 Å². The van der Waals surface area contributed by atoms with Crippen LogP contribution < -0.4 is 9.46 Å². The van der Waals surface area contributed by atoms with Gasteiger partial charge < -0.3 is 4.74 Å². The smallest absolute Gasteiger partial charge is 0.244 e. The van der Waals surface area contributed by atoms with E-state index in [1.54, 1.807) is 19.1 Å². The van der Waals surface area contributed by atoms with E-state index in [-0.39, 0.29) is 4.90 Å². The van der Waals surface area contributed by atoms with Crippen LogP contribution >= 0.6 is 11.3 Å². The Morgan fingerprint density at radius 3 is 2.73 bits per heavy atom. The number of hydrogen-bond acceptors (Lipinski definition) is 5. The lowest BCUT2D eigenvalue weighted by atomic mass is 10.2. The first-order valence-corrected chi connectivity index (χ1v) is 9.35. The maximum Gasteiger partial charge on any atom is 0.244 e. The number of nitrogens with one attached hydrogen (secondary N) is 1. The number of sulfonamides is 1. The van der Waals surface area contributed by atoms with Crippen LogP contribution in [0.1, 0.15) is 36.2 Å². The van der Waals surface area contributed by atoms with E-state index in [4.69, 9.17) is 4.74 Å². The van der Waals surface area contributed by atoms with Gasteiger partial charge in [-0.2, -0.15) is 0 Å². The van der Waals surface area contributed by atoms with E-state index in [0.29, 0.717) is 5.75 Å². The molecule has 5 nitrogen and oxygen atoms in total. The maximum absolute atomic E-state index is 12.6. The first-order valence-electron chi connectivity index (χ1n) is 6.98. The summed E-state index contributed by atoms with van der Waals surface area (Å²) in [5.41, 5.74) is 1.59. The number of benzene rings is 1. The normalized spacial score (nSPS) is 13.1. The number of ether oxygens (including phenoxy) is 1. The van der Waals surface area contributed by atoms with E-state index in [2.05, 4.69) is 9.71 Å². The van der Waals surface area contributed by atoms with Crippen molar-refractivity contribution in [2.75, 3.05) is 7.11 Å². The number of methoxy groups -OCH3 is 1. The Balaban J connectivity index is 2.29. The van der Waals surface area contributed by atoms with Crippen molar-refractivity contribution in [2.45, 2.75) is 38.1 Å². The lowest BCUT2D eigenvalue weighted by molar-refractivity contribution is 0.402. The zero-order valence-electron chi connectivity index (χ0n) is 13.1. The van der Waals surface area contributed by atoms with Crippen molar-refractivity contribution in [2.24, 2.45) is 0 Å². The van der Waals surface area contributed by atoms with Gasteiger partial charge in [0.15, 0.2) is 0 Å². The lowest BCUT2D eigenvalue weighted by Gasteiger charge is -2.15. The molecule has 1 aromatic heterocycles. The molecule has 2 rings (SSSR count). The van der Waals surface area contributed by atoms with Crippen LogP contribution in [0.4, 0.5) is 0 Å². The lowest BCUT2D eigenvalue weighted by Crippen LogP contribution is -2.27. The van der Waals surface area contributed by atoms with Crippen LogP contribution in [0.25, 0.3) is 0 Å². The third kappa shape index (κ3) is 3.66. The quantitative estimate of drug-likeness (QED) is 0.877. The summed E-state index contributed by atoms with van der Waals surface area (Å²) in [7, 11) is -2.22. The predicted molar refractivity (Wildman–Crippen MR) is 88.0 cm³/mol. The van der Waals surface area contributed by atoms with Gasteiger partial charge in [0.1, 0.15) is 10.6 Å². The molecule has 0 fully saturated rings. The van der Waals surface area contributed by atoms with Crippen LogP contribution in [0.5, 0.6) is 5.75 Å². The molecule has 0 saturated heterocycles. The monoisotopic (exact) mass is 340 g/mol. The number of thiazole rings is 1. The largest absolute Gasteiger partial charge is 0.495 e. The summed E-state index contributed by atoms with van der Waals surface area (Å²) in [6.45, 7) is 5.65. The molecule has 0 aliphatic heterocycles. The van der Waals surface area contributed by atoms with E-state index in [9.17, 15) is 8.42 Å². The zero-order valence-corrected chi connectivity index (χ0v) is 14.7. The molecular formula is C15H20N2O3S2. The van der Waals surface area contributed by atoms with Gasteiger partial charge in [-0.25, -0.2) is 18.1 Å². The Morgan fingerprint density at radius 2 is 2.14 bits per heavy atom. The summed E-state index contributed by atoms with van der Waals surface area (Å²) in [6.07, 6.45) is 0.843. The molecular weight excluding hydrogens is 320 g/mol. The van der Waals surface area contributed by atoms with Gasteiger partial charge in [-0.1, -0.05) is 13.0 Å². The molecule has 1 heterocycles. The zero-order chi connectivity index (χ0) is 16.3.